The first kappa shape index (κ1) is 13.4. The summed E-state index contributed by atoms with van der Waals surface area (Å²) < 4.78 is 0. The summed E-state index contributed by atoms with van der Waals surface area (Å²) in [6.07, 6.45) is 8.93. The van der Waals surface area contributed by atoms with E-state index in [2.05, 4.69) is 34.6 Å². The van der Waals surface area contributed by atoms with E-state index in [-0.39, 0.29) is 12.4 Å². The second kappa shape index (κ2) is 6.26. The largest absolute Gasteiger partial charge is 0.361 e. The first-order valence-corrected chi connectivity index (χ1v) is 6.71. The van der Waals surface area contributed by atoms with Gasteiger partial charge in [-0.2, -0.15) is 0 Å². The zero-order valence-corrected chi connectivity index (χ0v) is 11.4. The standard InChI is InChI=1S/C15H20N2.ClH/c1-2-4-14(5-3-1)17-11-12-6-7-15-13(10-12)8-9-16-15;/h6-10,14,16-17H,1-5,11H2;1H. The number of H-pyrrole nitrogens is 1. The molecule has 0 saturated heterocycles. The molecule has 0 atom stereocenters. The summed E-state index contributed by atoms with van der Waals surface area (Å²) in [7, 11) is 0. The van der Waals surface area contributed by atoms with Gasteiger partial charge in [0, 0.05) is 24.3 Å². The van der Waals surface area contributed by atoms with E-state index in [0.29, 0.717) is 0 Å². The van der Waals surface area contributed by atoms with Crippen LogP contribution in [0, 0.1) is 0 Å². The zero-order valence-electron chi connectivity index (χ0n) is 10.6. The van der Waals surface area contributed by atoms with Gasteiger partial charge >= 0.3 is 0 Å². The molecule has 0 spiro atoms. The lowest BCUT2D eigenvalue weighted by Gasteiger charge is -2.22. The number of aromatic amines is 1. The number of fused-ring (bicyclic) bond motifs is 1. The van der Waals surface area contributed by atoms with Crippen LogP contribution in [0.15, 0.2) is 30.5 Å². The second-order valence-electron chi connectivity index (χ2n) is 5.12. The molecule has 0 radical (unpaired) electrons. The molecule has 2 N–H and O–H groups in total. The van der Waals surface area contributed by atoms with Gasteiger partial charge in [-0.05, 0) is 42.0 Å². The Balaban J connectivity index is 0.00000120. The normalized spacial score (nSPS) is 16.7. The van der Waals surface area contributed by atoms with Gasteiger partial charge in [0.15, 0.2) is 0 Å². The van der Waals surface area contributed by atoms with Gasteiger partial charge in [0.05, 0.1) is 0 Å². The van der Waals surface area contributed by atoms with E-state index in [4.69, 9.17) is 0 Å². The molecule has 3 heteroatoms. The van der Waals surface area contributed by atoms with Crippen molar-refractivity contribution in [3.8, 4) is 0 Å². The fourth-order valence-electron chi connectivity index (χ4n) is 2.78. The lowest BCUT2D eigenvalue weighted by atomic mass is 9.95. The van der Waals surface area contributed by atoms with E-state index in [1.165, 1.54) is 48.6 Å². The first-order chi connectivity index (χ1) is 8.42. The molecular formula is C15H21ClN2. The van der Waals surface area contributed by atoms with Crippen LogP contribution in [0.2, 0.25) is 0 Å². The lowest BCUT2D eigenvalue weighted by molar-refractivity contribution is 0.372. The Kier molecular flexibility index (Phi) is 4.67. The molecular weight excluding hydrogens is 244 g/mol. The zero-order chi connectivity index (χ0) is 11.5. The van der Waals surface area contributed by atoms with Crippen LogP contribution < -0.4 is 5.32 Å². The summed E-state index contributed by atoms with van der Waals surface area (Å²) in [6.45, 7) is 1.01. The lowest BCUT2D eigenvalue weighted by Crippen LogP contribution is -2.30. The third-order valence-corrected chi connectivity index (χ3v) is 3.82. The third kappa shape index (κ3) is 3.06. The van der Waals surface area contributed by atoms with Crippen molar-refractivity contribution in [3.63, 3.8) is 0 Å². The van der Waals surface area contributed by atoms with E-state index in [0.717, 1.165) is 12.6 Å². The number of hydrogen-bond donors (Lipinski definition) is 2. The molecule has 1 fully saturated rings. The van der Waals surface area contributed by atoms with Crippen molar-refractivity contribution in [2.75, 3.05) is 0 Å². The average molecular weight is 265 g/mol. The van der Waals surface area contributed by atoms with Crippen molar-refractivity contribution in [3.05, 3.63) is 36.0 Å². The summed E-state index contributed by atoms with van der Waals surface area (Å²) in [6, 6.07) is 9.55. The minimum Gasteiger partial charge on any atom is -0.361 e. The Labute approximate surface area is 115 Å². The van der Waals surface area contributed by atoms with Gasteiger partial charge in [-0.25, -0.2) is 0 Å². The van der Waals surface area contributed by atoms with Crippen molar-refractivity contribution in [1.82, 2.24) is 10.3 Å². The minimum atomic E-state index is 0. The van der Waals surface area contributed by atoms with Gasteiger partial charge in [0.2, 0.25) is 0 Å². The summed E-state index contributed by atoms with van der Waals surface area (Å²) in [4.78, 5) is 3.23. The molecule has 0 unspecified atom stereocenters. The van der Waals surface area contributed by atoms with Crippen LogP contribution in [0.1, 0.15) is 37.7 Å². The van der Waals surface area contributed by atoms with Gasteiger partial charge in [-0.1, -0.05) is 25.3 Å². The molecule has 18 heavy (non-hydrogen) atoms. The highest BCUT2D eigenvalue weighted by Crippen LogP contribution is 2.19. The van der Waals surface area contributed by atoms with E-state index in [9.17, 15) is 0 Å². The maximum atomic E-state index is 3.68. The summed E-state index contributed by atoms with van der Waals surface area (Å²) >= 11 is 0. The van der Waals surface area contributed by atoms with Crippen LogP contribution in [-0.4, -0.2) is 11.0 Å². The maximum absolute atomic E-state index is 3.68. The third-order valence-electron chi connectivity index (χ3n) is 3.82. The molecule has 3 rings (SSSR count). The van der Waals surface area contributed by atoms with Crippen molar-refractivity contribution in [2.45, 2.75) is 44.7 Å². The number of nitrogens with one attached hydrogen (secondary N) is 2. The monoisotopic (exact) mass is 264 g/mol. The Morgan fingerprint density at radius 2 is 1.94 bits per heavy atom. The van der Waals surface area contributed by atoms with Gasteiger partial charge in [-0.15, -0.1) is 12.4 Å². The highest BCUT2D eigenvalue weighted by molar-refractivity contribution is 5.85. The second-order valence-corrected chi connectivity index (χ2v) is 5.12. The predicted molar refractivity (Wildman–Crippen MR) is 79.3 cm³/mol. The van der Waals surface area contributed by atoms with Gasteiger partial charge in [-0.3, -0.25) is 0 Å². The van der Waals surface area contributed by atoms with Crippen molar-refractivity contribution >= 4 is 23.3 Å². The number of benzene rings is 1. The summed E-state index contributed by atoms with van der Waals surface area (Å²) in [5, 5.41) is 5.00. The minimum absolute atomic E-state index is 0. The van der Waals surface area contributed by atoms with Crippen LogP contribution in [0.3, 0.4) is 0 Å². The fraction of sp³-hybridized carbons (Fsp3) is 0.467. The quantitative estimate of drug-likeness (QED) is 0.861. The first-order valence-electron chi connectivity index (χ1n) is 6.71. The Bertz CT molecular complexity index is 486. The fourth-order valence-corrected chi connectivity index (χ4v) is 2.78. The Hall–Kier alpha value is -0.990. The maximum Gasteiger partial charge on any atom is 0.0454 e. The summed E-state index contributed by atoms with van der Waals surface area (Å²) in [5.74, 6) is 0. The molecule has 2 nitrogen and oxygen atoms in total. The van der Waals surface area contributed by atoms with E-state index in [1.54, 1.807) is 0 Å². The van der Waals surface area contributed by atoms with Crippen molar-refractivity contribution in [1.29, 1.82) is 0 Å². The number of halogens is 1. The van der Waals surface area contributed by atoms with Gasteiger partial charge < -0.3 is 10.3 Å². The molecule has 1 saturated carbocycles. The number of hydrogen-bond acceptors (Lipinski definition) is 1. The Morgan fingerprint density at radius 1 is 1.11 bits per heavy atom. The Morgan fingerprint density at radius 3 is 2.78 bits per heavy atom. The van der Waals surface area contributed by atoms with Crippen LogP contribution in [0.4, 0.5) is 0 Å². The topological polar surface area (TPSA) is 27.8 Å². The number of aromatic nitrogens is 1. The molecule has 0 amide bonds. The molecule has 2 aromatic rings. The van der Waals surface area contributed by atoms with Crippen molar-refractivity contribution in [2.24, 2.45) is 0 Å². The van der Waals surface area contributed by atoms with Crippen LogP contribution in [0.5, 0.6) is 0 Å². The molecule has 0 aliphatic heterocycles. The van der Waals surface area contributed by atoms with Crippen LogP contribution >= 0.6 is 12.4 Å². The highest BCUT2D eigenvalue weighted by atomic mass is 35.5. The molecule has 1 aromatic heterocycles. The van der Waals surface area contributed by atoms with Gasteiger partial charge in [0.1, 0.15) is 0 Å². The molecule has 1 heterocycles. The van der Waals surface area contributed by atoms with E-state index in [1.807, 2.05) is 6.20 Å². The van der Waals surface area contributed by atoms with E-state index < -0.39 is 0 Å². The molecule has 1 aromatic carbocycles. The van der Waals surface area contributed by atoms with Gasteiger partial charge in [0.25, 0.3) is 0 Å². The SMILES string of the molecule is Cl.c1cc2cc(CNC3CCCCC3)ccc2[nH]1. The number of rotatable bonds is 3. The molecule has 1 aliphatic carbocycles. The molecule has 98 valence electrons. The predicted octanol–water partition coefficient (Wildman–Crippen LogP) is 4.01. The molecule has 1 aliphatic rings. The molecule has 0 bridgehead atoms. The smallest absolute Gasteiger partial charge is 0.0454 e. The average Bonchev–Trinajstić information content (AvgIpc) is 2.85. The highest BCUT2D eigenvalue weighted by Gasteiger charge is 2.12. The van der Waals surface area contributed by atoms with Crippen LogP contribution in [0.25, 0.3) is 10.9 Å². The van der Waals surface area contributed by atoms with Crippen molar-refractivity contribution < 1.29 is 0 Å². The van der Waals surface area contributed by atoms with Crippen LogP contribution in [-0.2, 0) is 6.54 Å². The van der Waals surface area contributed by atoms with E-state index >= 15 is 0 Å². The summed E-state index contributed by atoms with van der Waals surface area (Å²) in [5.41, 5.74) is 2.62.